The molecule has 1 fully saturated rings. The zero-order valence-electron chi connectivity index (χ0n) is 15.8. The second-order valence-electron chi connectivity index (χ2n) is 6.24. The molecule has 1 atom stereocenters. The topological polar surface area (TPSA) is 71.0 Å². The lowest BCUT2D eigenvalue weighted by molar-refractivity contribution is -0.129. The van der Waals surface area contributed by atoms with E-state index in [9.17, 15) is 18.4 Å². The van der Waals surface area contributed by atoms with Crippen LogP contribution in [0.2, 0.25) is 0 Å². The van der Waals surface area contributed by atoms with E-state index in [4.69, 9.17) is 11.6 Å². The van der Waals surface area contributed by atoms with Crippen molar-refractivity contribution in [3.05, 3.63) is 54.6 Å². The third-order valence-corrected chi connectivity index (χ3v) is 5.35. The first-order valence-corrected chi connectivity index (χ1v) is 10.3. The number of nitrogens with one attached hydrogen (secondary N) is 1. The number of amidine groups is 1. The highest BCUT2D eigenvalue weighted by Gasteiger charge is 2.35. The number of thioether (sulfide) groups is 1. The summed E-state index contributed by atoms with van der Waals surface area (Å²) in [5.74, 6) is -0.639. The van der Waals surface area contributed by atoms with Crippen LogP contribution in [0, 0.1) is 0 Å². The quantitative estimate of drug-likeness (QED) is 0.636. The Morgan fingerprint density at radius 2 is 1.93 bits per heavy atom. The van der Waals surface area contributed by atoms with Crippen LogP contribution >= 0.6 is 23.4 Å². The molecule has 1 aliphatic rings. The molecule has 0 radical (unpaired) electrons. The van der Waals surface area contributed by atoms with Crippen LogP contribution < -0.4 is 10.1 Å². The number of carbonyl (C=O) groups is 2. The Morgan fingerprint density at radius 1 is 1.27 bits per heavy atom. The summed E-state index contributed by atoms with van der Waals surface area (Å²) in [4.78, 5) is 31.1. The standard InChI is InChI=1S/C20H18ClF2N3O3S/c1-2-26-17(27)12-16(18(28)24-13-6-4-3-5-7-13)30-19(26)25-14-8-10-15(11-9-14)29-20(21,22)23/h3-11,16H,2,12H2,1H3,(H,24,28)/t16-/m0/s1. The summed E-state index contributed by atoms with van der Waals surface area (Å²) in [6.45, 7) is 2.19. The molecule has 6 nitrogen and oxygen atoms in total. The van der Waals surface area contributed by atoms with Gasteiger partial charge in [-0.3, -0.25) is 14.5 Å². The molecule has 0 spiro atoms. The monoisotopic (exact) mass is 453 g/mol. The van der Waals surface area contributed by atoms with Crippen molar-refractivity contribution in [3.8, 4) is 5.75 Å². The molecule has 2 aromatic rings. The van der Waals surface area contributed by atoms with Gasteiger partial charge < -0.3 is 10.1 Å². The van der Waals surface area contributed by atoms with E-state index in [1.807, 2.05) is 6.07 Å². The number of halogens is 3. The van der Waals surface area contributed by atoms with Gasteiger partial charge >= 0.3 is 5.57 Å². The minimum Gasteiger partial charge on any atom is -0.420 e. The first-order valence-electron chi connectivity index (χ1n) is 9.02. The third kappa shape index (κ3) is 5.93. The van der Waals surface area contributed by atoms with Crippen LogP contribution in [0.5, 0.6) is 5.75 Å². The second kappa shape index (κ2) is 9.44. The molecule has 1 saturated heterocycles. The lowest BCUT2D eigenvalue weighted by Crippen LogP contribution is -2.45. The molecule has 2 aromatic carbocycles. The van der Waals surface area contributed by atoms with Gasteiger partial charge in [-0.2, -0.15) is 0 Å². The van der Waals surface area contributed by atoms with Crippen molar-refractivity contribution in [1.29, 1.82) is 0 Å². The van der Waals surface area contributed by atoms with E-state index in [0.717, 1.165) is 0 Å². The number of hydrogen-bond acceptors (Lipinski definition) is 5. The number of ether oxygens (including phenoxy) is 1. The number of hydrogen-bond donors (Lipinski definition) is 1. The fourth-order valence-corrected chi connectivity index (χ4v) is 3.98. The Labute approximate surface area is 181 Å². The van der Waals surface area contributed by atoms with Crippen LogP contribution in [0.4, 0.5) is 20.2 Å². The number of benzene rings is 2. The fraction of sp³-hybridized carbons (Fsp3) is 0.250. The maximum absolute atomic E-state index is 12.7. The van der Waals surface area contributed by atoms with Gasteiger partial charge in [0.05, 0.1) is 5.69 Å². The minimum absolute atomic E-state index is 0.0494. The van der Waals surface area contributed by atoms with Crippen molar-refractivity contribution in [2.45, 2.75) is 24.2 Å². The molecule has 10 heteroatoms. The van der Waals surface area contributed by atoms with E-state index >= 15 is 0 Å². The number of anilines is 1. The molecule has 0 aromatic heterocycles. The maximum atomic E-state index is 12.7. The molecular weight excluding hydrogens is 436 g/mol. The van der Waals surface area contributed by atoms with Crippen LogP contribution in [-0.4, -0.2) is 39.2 Å². The van der Waals surface area contributed by atoms with Gasteiger partial charge in [0.25, 0.3) is 0 Å². The molecule has 0 unspecified atom stereocenters. The summed E-state index contributed by atoms with van der Waals surface area (Å²) in [6.07, 6.45) is 0.0494. The van der Waals surface area contributed by atoms with Crippen molar-refractivity contribution in [2.75, 3.05) is 11.9 Å². The average Bonchev–Trinajstić information content (AvgIpc) is 2.69. The highest BCUT2D eigenvalue weighted by molar-refractivity contribution is 8.15. The number of nitrogens with zero attached hydrogens (tertiary/aromatic N) is 2. The zero-order chi connectivity index (χ0) is 21.7. The van der Waals surface area contributed by atoms with Crippen molar-refractivity contribution in [1.82, 2.24) is 4.90 Å². The summed E-state index contributed by atoms with van der Waals surface area (Å²) in [5, 5.41) is 2.51. The summed E-state index contributed by atoms with van der Waals surface area (Å²) in [7, 11) is 0. The number of aliphatic imine (C=N–C) groups is 1. The predicted octanol–water partition coefficient (Wildman–Crippen LogP) is 4.83. The Morgan fingerprint density at radius 3 is 2.53 bits per heavy atom. The Balaban J connectivity index is 1.77. The number of rotatable bonds is 6. The number of carbonyl (C=O) groups excluding carboxylic acids is 2. The van der Waals surface area contributed by atoms with Gasteiger partial charge in [0.15, 0.2) is 5.17 Å². The van der Waals surface area contributed by atoms with Crippen molar-refractivity contribution in [3.63, 3.8) is 0 Å². The van der Waals surface area contributed by atoms with E-state index in [-0.39, 0.29) is 24.0 Å². The van der Waals surface area contributed by atoms with Gasteiger partial charge in [-0.15, -0.1) is 8.78 Å². The normalized spacial score (nSPS) is 18.4. The predicted molar refractivity (Wildman–Crippen MR) is 113 cm³/mol. The molecular formula is C20H18ClF2N3O3S. The highest BCUT2D eigenvalue weighted by atomic mass is 35.5. The summed E-state index contributed by atoms with van der Waals surface area (Å²) < 4.78 is 29.7. The number of amides is 2. The van der Waals surface area contributed by atoms with Gasteiger partial charge in [0.2, 0.25) is 11.8 Å². The summed E-state index contributed by atoms with van der Waals surface area (Å²) >= 11 is 5.93. The molecule has 2 amide bonds. The average molecular weight is 454 g/mol. The maximum Gasteiger partial charge on any atom is 0.487 e. The molecule has 1 aliphatic heterocycles. The first-order chi connectivity index (χ1) is 14.2. The smallest absolute Gasteiger partial charge is 0.420 e. The van der Waals surface area contributed by atoms with Crippen LogP contribution in [0.3, 0.4) is 0 Å². The molecule has 3 rings (SSSR count). The molecule has 1 heterocycles. The van der Waals surface area contributed by atoms with Gasteiger partial charge in [-0.25, -0.2) is 4.99 Å². The largest absolute Gasteiger partial charge is 0.487 e. The van der Waals surface area contributed by atoms with Crippen LogP contribution in [0.15, 0.2) is 59.6 Å². The second-order valence-corrected chi connectivity index (χ2v) is 7.85. The van der Waals surface area contributed by atoms with Crippen LogP contribution in [0.1, 0.15) is 13.3 Å². The minimum atomic E-state index is -3.81. The van der Waals surface area contributed by atoms with Gasteiger partial charge in [0.1, 0.15) is 11.0 Å². The fourth-order valence-electron chi connectivity index (χ4n) is 2.73. The highest BCUT2D eigenvalue weighted by Crippen LogP contribution is 2.31. The SMILES string of the molecule is CCN1C(=O)C[C@@H](C(=O)Nc2ccccc2)SC1=Nc1ccc(OC(F)(F)Cl)cc1. The molecule has 30 heavy (non-hydrogen) atoms. The van der Waals surface area contributed by atoms with Crippen LogP contribution in [-0.2, 0) is 9.59 Å². The first kappa shape index (κ1) is 22.0. The van der Waals surface area contributed by atoms with E-state index in [0.29, 0.717) is 23.1 Å². The van der Waals surface area contributed by atoms with E-state index in [2.05, 4.69) is 15.0 Å². The van der Waals surface area contributed by atoms with Gasteiger partial charge in [-0.05, 0) is 43.3 Å². The summed E-state index contributed by atoms with van der Waals surface area (Å²) in [5.41, 5.74) is -2.76. The van der Waals surface area contributed by atoms with Gasteiger partial charge in [0, 0.05) is 30.3 Å². The Kier molecular flexibility index (Phi) is 6.94. The third-order valence-electron chi connectivity index (χ3n) is 4.08. The van der Waals surface area contributed by atoms with Crippen molar-refractivity contribution < 1.29 is 23.1 Å². The van der Waals surface area contributed by atoms with E-state index in [1.165, 1.54) is 40.9 Å². The lowest BCUT2D eigenvalue weighted by atomic mass is 10.2. The lowest BCUT2D eigenvalue weighted by Gasteiger charge is -2.30. The molecule has 0 aliphatic carbocycles. The van der Waals surface area contributed by atoms with Gasteiger partial charge in [-0.1, -0.05) is 30.0 Å². The van der Waals surface area contributed by atoms with Crippen molar-refractivity contribution in [2.24, 2.45) is 4.99 Å². The molecule has 158 valence electrons. The molecule has 1 N–H and O–H groups in total. The summed E-state index contributed by atoms with van der Waals surface area (Å²) in [6, 6.07) is 14.4. The van der Waals surface area contributed by atoms with E-state index < -0.39 is 10.8 Å². The zero-order valence-corrected chi connectivity index (χ0v) is 17.4. The molecule has 0 bridgehead atoms. The number of para-hydroxylation sites is 1. The molecule has 0 saturated carbocycles. The Hall–Kier alpha value is -2.65. The van der Waals surface area contributed by atoms with Crippen molar-refractivity contribution >= 4 is 51.7 Å². The Bertz CT molecular complexity index is 937. The number of alkyl halides is 3. The van der Waals surface area contributed by atoms with E-state index in [1.54, 1.807) is 31.2 Å². The van der Waals surface area contributed by atoms with Crippen LogP contribution in [0.25, 0.3) is 0 Å².